The molecule has 0 amide bonds. The molecule has 1 aromatic carbocycles. The van der Waals surface area contributed by atoms with E-state index in [1.165, 1.54) is 15.7 Å². The minimum atomic E-state index is 0.452. The van der Waals surface area contributed by atoms with Gasteiger partial charge in [-0.3, -0.25) is 0 Å². The van der Waals surface area contributed by atoms with Crippen molar-refractivity contribution in [3.05, 3.63) is 59.8 Å². The van der Waals surface area contributed by atoms with Gasteiger partial charge < -0.3 is 0 Å². The van der Waals surface area contributed by atoms with Crippen molar-refractivity contribution in [2.24, 2.45) is 0 Å². The second-order valence-corrected chi connectivity index (χ2v) is 5.53. The Morgan fingerprint density at radius 2 is 1.93 bits per heavy atom. The van der Waals surface area contributed by atoms with Crippen LogP contribution < -0.4 is 4.59 Å². The predicted molar refractivity (Wildman–Crippen MR) is 64.5 cm³/mol. The number of pyridine rings is 1. The molecule has 1 nitrogen and oxygen atoms in total. The van der Waals surface area contributed by atoms with Gasteiger partial charge >= 0.3 is 96.6 Å². The third kappa shape index (κ3) is 3.19. The van der Waals surface area contributed by atoms with Crippen molar-refractivity contribution >= 4 is 19.5 Å². The zero-order chi connectivity index (χ0) is 10.5. The van der Waals surface area contributed by atoms with E-state index in [0.29, 0.717) is 15.0 Å². The summed E-state index contributed by atoms with van der Waals surface area (Å²) in [6.45, 7) is 2.11. The number of nitrogens with zero attached hydrogens (tertiary/aromatic N) is 1. The average molecular weight is 262 g/mol. The van der Waals surface area contributed by atoms with E-state index < -0.39 is 0 Å². The first kappa shape index (κ1) is 10.4. The molecule has 2 rings (SSSR count). The van der Waals surface area contributed by atoms with Crippen molar-refractivity contribution in [2.45, 2.75) is 12.2 Å². The predicted octanol–water partition coefficient (Wildman–Crippen LogP) is 1.92. The summed E-state index contributed by atoms with van der Waals surface area (Å²) in [5.74, 6) is 0. The van der Waals surface area contributed by atoms with Gasteiger partial charge in [-0.25, -0.2) is 0 Å². The van der Waals surface area contributed by atoms with Crippen LogP contribution in [0.1, 0.15) is 11.1 Å². The van der Waals surface area contributed by atoms with Crippen LogP contribution in [0, 0.1) is 6.92 Å². The molecular weight excluding hydrogens is 249 g/mol. The third-order valence-corrected chi connectivity index (χ3v) is 4.21. The summed E-state index contributed by atoms with van der Waals surface area (Å²) >= 11 is 0.452. The Balaban J connectivity index is 1.99. The average Bonchev–Trinajstić information content (AvgIpc) is 2.28. The molecule has 0 radical (unpaired) electrons. The fraction of sp³-hybridized carbons (Fsp3) is 0.154. The molecule has 0 fully saturated rings. The molecule has 0 aliphatic rings. The first-order valence-electron chi connectivity index (χ1n) is 4.94. The van der Waals surface area contributed by atoms with Crippen LogP contribution in [0.3, 0.4) is 0 Å². The molecule has 0 unspecified atom stereocenters. The summed E-state index contributed by atoms with van der Waals surface area (Å²) in [5, 5.41) is 1.13. The number of rotatable bonds is 3. The van der Waals surface area contributed by atoms with Gasteiger partial charge in [-0.2, -0.15) is 0 Å². The van der Waals surface area contributed by atoms with Crippen molar-refractivity contribution in [1.82, 2.24) is 4.98 Å². The van der Waals surface area contributed by atoms with Gasteiger partial charge in [0, 0.05) is 0 Å². The van der Waals surface area contributed by atoms with Gasteiger partial charge in [-0.1, -0.05) is 0 Å². The van der Waals surface area contributed by atoms with E-state index in [2.05, 4.69) is 48.3 Å². The van der Waals surface area contributed by atoms with Crippen LogP contribution in [-0.4, -0.2) is 19.9 Å². The van der Waals surface area contributed by atoms with E-state index >= 15 is 0 Å². The van der Waals surface area contributed by atoms with E-state index in [-0.39, 0.29) is 0 Å². The number of benzene rings is 1. The van der Waals surface area contributed by atoms with Crippen LogP contribution >= 0.6 is 0 Å². The van der Waals surface area contributed by atoms with Gasteiger partial charge in [-0.05, 0) is 0 Å². The van der Waals surface area contributed by atoms with Crippen molar-refractivity contribution in [2.75, 3.05) is 0 Å². The van der Waals surface area contributed by atoms with E-state index in [4.69, 9.17) is 0 Å². The number of hydrogen-bond acceptors (Lipinski definition) is 1. The van der Waals surface area contributed by atoms with E-state index in [9.17, 15) is 0 Å². The molecule has 15 heavy (non-hydrogen) atoms. The Bertz CT molecular complexity index is 426. The van der Waals surface area contributed by atoms with Crippen molar-refractivity contribution in [3.8, 4) is 0 Å². The molecule has 0 atom stereocenters. The molecular formula is C13H13NSe. The SMILES string of the molecule is Cc1ccnc([Se]Cc2ccccc2)c1. The topological polar surface area (TPSA) is 12.9 Å². The summed E-state index contributed by atoms with van der Waals surface area (Å²) in [6, 6.07) is 14.8. The van der Waals surface area contributed by atoms with Crippen molar-refractivity contribution < 1.29 is 0 Å². The molecule has 0 saturated heterocycles. The van der Waals surface area contributed by atoms with Gasteiger partial charge in [0.15, 0.2) is 0 Å². The normalized spacial score (nSPS) is 10.2. The van der Waals surface area contributed by atoms with Crippen LogP contribution in [0.2, 0.25) is 0 Å². The molecule has 76 valence electrons. The molecule has 0 spiro atoms. The van der Waals surface area contributed by atoms with Gasteiger partial charge in [-0.15, -0.1) is 0 Å². The summed E-state index contributed by atoms with van der Waals surface area (Å²) in [4.78, 5) is 4.38. The van der Waals surface area contributed by atoms with Gasteiger partial charge in [0.25, 0.3) is 0 Å². The molecule has 1 aromatic heterocycles. The molecule has 0 aliphatic heterocycles. The van der Waals surface area contributed by atoms with Crippen molar-refractivity contribution in [3.63, 3.8) is 0 Å². The number of aryl methyl sites for hydroxylation is 1. The summed E-state index contributed by atoms with van der Waals surface area (Å²) in [7, 11) is 0. The summed E-state index contributed by atoms with van der Waals surface area (Å²) in [6.07, 6.45) is 1.90. The maximum atomic E-state index is 4.38. The second-order valence-electron chi connectivity index (χ2n) is 3.45. The summed E-state index contributed by atoms with van der Waals surface area (Å²) < 4.78 is 1.24. The third-order valence-electron chi connectivity index (χ3n) is 2.12. The van der Waals surface area contributed by atoms with Gasteiger partial charge in [0.1, 0.15) is 0 Å². The fourth-order valence-corrected chi connectivity index (χ4v) is 3.23. The quantitative estimate of drug-likeness (QED) is 0.770. The first-order valence-corrected chi connectivity index (χ1v) is 7.01. The first-order chi connectivity index (χ1) is 7.34. The molecule has 0 bridgehead atoms. The standard InChI is InChI=1S/C13H13NSe/c1-11-7-8-14-13(9-11)15-10-12-5-3-2-4-6-12/h2-9H,10H2,1H3. The van der Waals surface area contributed by atoms with Crippen LogP contribution in [0.25, 0.3) is 0 Å². The van der Waals surface area contributed by atoms with Crippen LogP contribution in [0.5, 0.6) is 0 Å². The number of aromatic nitrogens is 1. The van der Waals surface area contributed by atoms with E-state index in [1.54, 1.807) is 0 Å². The molecule has 0 N–H and O–H groups in total. The zero-order valence-corrected chi connectivity index (χ0v) is 10.4. The molecule has 1 heterocycles. The monoisotopic (exact) mass is 263 g/mol. The Kier molecular flexibility index (Phi) is 3.54. The molecule has 2 heteroatoms. The Hall–Kier alpha value is -1.11. The van der Waals surface area contributed by atoms with Crippen molar-refractivity contribution in [1.29, 1.82) is 0 Å². The van der Waals surface area contributed by atoms with E-state index in [1.807, 2.05) is 12.3 Å². The number of hydrogen-bond donors (Lipinski definition) is 0. The Morgan fingerprint density at radius 3 is 2.67 bits per heavy atom. The minimum absolute atomic E-state index is 0.452. The molecule has 0 aliphatic carbocycles. The Labute approximate surface area is 96.7 Å². The van der Waals surface area contributed by atoms with E-state index in [0.717, 1.165) is 5.32 Å². The summed E-state index contributed by atoms with van der Waals surface area (Å²) in [5.41, 5.74) is 2.70. The molecule has 0 saturated carbocycles. The van der Waals surface area contributed by atoms with Crippen LogP contribution in [0.15, 0.2) is 48.7 Å². The van der Waals surface area contributed by atoms with Crippen LogP contribution in [0.4, 0.5) is 0 Å². The zero-order valence-electron chi connectivity index (χ0n) is 8.68. The Morgan fingerprint density at radius 1 is 1.13 bits per heavy atom. The maximum absolute atomic E-state index is 4.38. The second kappa shape index (κ2) is 5.11. The van der Waals surface area contributed by atoms with Gasteiger partial charge in [0.05, 0.1) is 0 Å². The van der Waals surface area contributed by atoms with Gasteiger partial charge in [0.2, 0.25) is 0 Å². The van der Waals surface area contributed by atoms with Crippen LogP contribution in [-0.2, 0) is 5.32 Å². The fourth-order valence-electron chi connectivity index (χ4n) is 1.32. The molecule has 2 aromatic rings.